The van der Waals surface area contributed by atoms with E-state index in [0.29, 0.717) is 6.61 Å². The van der Waals surface area contributed by atoms with Gasteiger partial charge in [0, 0.05) is 5.56 Å². The molecule has 4 aromatic rings. The first-order valence-electron chi connectivity index (χ1n) is 8.52. The Kier molecular flexibility index (Phi) is 4.21. The van der Waals surface area contributed by atoms with Gasteiger partial charge in [-0.1, -0.05) is 60.7 Å². The molecule has 0 saturated carbocycles. The van der Waals surface area contributed by atoms with Crippen LogP contribution in [0.5, 0.6) is 5.75 Å². The molecule has 3 aromatic carbocycles. The molecule has 0 fully saturated rings. The van der Waals surface area contributed by atoms with Gasteiger partial charge in [-0.2, -0.15) is 0 Å². The zero-order valence-electron chi connectivity index (χ0n) is 14.2. The van der Waals surface area contributed by atoms with Crippen molar-refractivity contribution in [2.75, 3.05) is 6.61 Å². The Morgan fingerprint density at radius 2 is 1.56 bits per heavy atom. The fourth-order valence-electron chi connectivity index (χ4n) is 3.07. The van der Waals surface area contributed by atoms with Crippen LogP contribution < -0.4 is 4.74 Å². The molecule has 0 aliphatic heterocycles. The van der Waals surface area contributed by atoms with Crippen molar-refractivity contribution >= 4 is 11.0 Å². The van der Waals surface area contributed by atoms with Crippen molar-refractivity contribution in [3.8, 4) is 17.1 Å². The first-order chi connectivity index (χ1) is 12.3. The Labute approximate surface area is 147 Å². The molecule has 0 radical (unpaired) electrons. The number of benzene rings is 3. The third kappa shape index (κ3) is 3.13. The lowest BCUT2D eigenvalue weighted by Gasteiger charge is -2.12. The first-order valence-corrected chi connectivity index (χ1v) is 8.52. The van der Waals surface area contributed by atoms with Crippen LogP contribution in [0.2, 0.25) is 0 Å². The van der Waals surface area contributed by atoms with Gasteiger partial charge in [-0.3, -0.25) is 0 Å². The number of fused-ring (bicyclic) bond motifs is 1. The second-order valence-electron chi connectivity index (χ2n) is 6.06. The van der Waals surface area contributed by atoms with Crippen LogP contribution in [-0.4, -0.2) is 16.2 Å². The zero-order chi connectivity index (χ0) is 17.1. The average molecular weight is 328 g/mol. The van der Waals surface area contributed by atoms with Crippen LogP contribution in [0.3, 0.4) is 0 Å². The van der Waals surface area contributed by atoms with Gasteiger partial charge in [-0.15, -0.1) is 0 Å². The van der Waals surface area contributed by atoms with E-state index in [4.69, 9.17) is 9.72 Å². The Morgan fingerprint density at radius 3 is 2.40 bits per heavy atom. The van der Waals surface area contributed by atoms with E-state index in [1.165, 1.54) is 0 Å². The van der Waals surface area contributed by atoms with Crippen molar-refractivity contribution in [1.82, 2.24) is 9.55 Å². The molecule has 124 valence electrons. The molecule has 1 aromatic heterocycles. The highest BCUT2D eigenvalue weighted by Crippen LogP contribution is 2.25. The third-order valence-electron chi connectivity index (χ3n) is 4.35. The zero-order valence-corrected chi connectivity index (χ0v) is 14.2. The summed E-state index contributed by atoms with van der Waals surface area (Å²) in [5, 5.41) is 0. The first kappa shape index (κ1) is 15.5. The van der Waals surface area contributed by atoms with Crippen molar-refractivity contribution in [3.05, 3.63) is 84.4 Å². The van der Waals surface area contributed by atoms with E-state index in [-0.39, 0.29) is 0 Å². The van der Waals surface area contributed by atoms with Crippen LogP contribution in [0.15, 0.2) is 78.9 Å². The molecular formula is C22H20N2O. The second-order valence-corrected chi connectivity index (χ2v) is 6.06. The number of hydrogen-bond donors (Lipinski definition) is 0. The Morgan fingerprint density at radius 1 is 0.840 bits per heavy atom. The molecule has 0 unspecified atom stereocenters. The minimum atomic E-state index is 0.602. The molecule has 1 heterocycles. The Hall–Kier alpha value is -3.07. The fourth-order valence-corrected chi connectivity index (χ4v) is 3.07. The SMILES string of the molecule is Cc1ccccc1OCCn1c(-c2ccccc2)nc2ccccc21. The summed E-state index contributed by atoms with van der Waals surface area (Å²) in [5.74, 6) is 1.92. The van der Waals surface area contributed by atoms with Crippen molar-refractivity contribution in [2.45, 2.75) is 13.5 Å². The minimum absolute atomic E-state index is 0.602. The molecule has 0 N–H and O–H groups in total. The molecule has 3 nitrogen and oxygen atoms in total. The quantitative estimate of drug-likeness (QED) is 0.510. The molecule has 0 aliphatic carbocycles. The maximum absolute atomic E-state index is 6.00. The smallest absolute Gasteiger partial charge is 0.141 e. The van der Waals surface area contributed by atoms with E-state index in [0.717, 1.165) is 40.3 Å². The van der Waals surface area contributed by atoms with E-state index in [2.05, 4.69) is 47.9 Å². The molecule has 0 atom stereocenters. The lowest BCUT2D eigenvalue weighted by atomic mass is 10.2. The molecule has 0 aliphatic rings. The highest BCUT2D eigenvalue weighted by molar-refractivity contribution is 5.80. The van der Waals surface area contributed by atoms with Crippen LogP contribution >= 0.6 is 0 Å². The molecule has 0 bridgehead atoms. The predicted octanol–water partition coefficient (Wildman–Crippen LogP) is 5.09. The number of hydrogen-bond acceptors (Lipinski definition) is 2. The molecule has 0 spiro atoms. The summed E-state index contributed by atoms with van der Waals surface area (Å²) in [6, 6.07) is 26.7. The van der Waals surface area contributed by atoms with Gasteiger partial charge in [0.05, 0.1) is 17.6 Å². The van der Waals surface area contributed by atoms with E-state index >= 15 is 0 Å². The second kappa shape index (κ2) is 6.81. The van der Waals surface area contributed by atoms with Crippen LogP contribution in [-0.2, 0) is 6.54 Å². The van der Waals surface area contributed by atoms with Crippen molar-refractivity contribution in [3.63, 3.8) is 0 Å². The molecule has 3 heteroatoms. The van der Waals surface area contributed by atoms with Gasteiger partial charge in [-0.25, -0.2) is 4.98 Å². The van der Waals surface area contributed by atoms with Gasteiger partial charge < -0.3 is 9.30 Å². The third-order valence-corrected chi connectivity index (χ3v) is 4.35. The van der Waals surface area contributed by atoms with E-state index < -0.39 is 0 Å². The van der Waals surface area contributed by atoms with E-state index in [1.54, 1.807) is 0 Å². The standard InChI is InChI=1S/C22H20N2O/c1-17-9-5-8-14-21(17)25-16-15-24-20-13-7-6-12-19(20)23-22(24)18-10-3-2-4-11-18/h2-14H,15-16H2,1H3. The monoisotopic (exact) mass is 328 g/mol. The van der Waals surface area contributed by atoms with E-state index in [1.807, 2.05) is 42.5 Å². The summed E-state index contributed by atoms with van der Waals surface area (Å²) >= 11 is 0. The lowest BCUT2D eigenvalue weighted by Crippen LogP contribution is -2.10. The minimum Gasteiger partial charge on any atom is -0.491 e. The van der Waals surface area contributed by atoms with Gasteiger partial charge in [-0.05, 0) is 30.7 Å². The summed E-state index contributed by atoms with van der Waals surface area (Å²) in [5.41, 5.74) is 4.42. The molecule has 25 heavy (non-hydrogen) atoms. The Bertz CT molecular complexity index is 989. The van der Waals surface area contributed by atoms with Crippen molar-refractivity contribution < 1.29 is 4.74 Å². The molecular weight excluding hydrogens is 308 g/mol. The van der Waals surface area contributed by atoms with Crippen LogP contribution in [0.4, 0.5) is 0 Å². The molecule has 4 rings (SSSR count). The van der Waals surface area contributed by atoms with Gasteiger partial charge in [0.1, 0.15) is 18.2 Å². The number of para-hydroxylation sites is 3. The summed E-state index contributed by atoms with van der Waals surface area (Å²) in [6.45, 7) is 3.42. The average Bonchev–Trinajstić information content (AvgIpc) is 3.03. The fraction of sp³-hybridized carbons (Fsp3) is 0.136. The topological polar surface area (TPSA) is 27.1 Å². The summed E-state index contributed by atoms with van der Waals surface area (Å²) in [4.78, 5) is 4.83. The maximum Gasteiger partial charge on any atom is 0.141 e. The normalized spacial score (nSPS) is 10.9. The van der Waals surface area contributed by atoms with Gasteiger partial charge in [0.2, 0.25) is 0 Å². The number of rotatable bonds is 5. The number of nitrogens with zero attached hydrogens (tertiary/aromatic N) is 2. The number of imidazole rings is 1. The van der Waals surface area contributed by atoms with Gasteiger partial charge >= 0.3 is 0 Å². The summed E-state index contributed by atoms with van der Waals surface area (Å²) < 4.78 is 8.24. The number of ether oxygens (including phenoxy) is 1. The van der Waals surface area contributed by atoms with E-state index in [9.17, 15) is 0 Å². The van der Waals surface area contributed by atoms with Crippen LogP contribution in [0.25, 0.3) is 22.4 Å². The highest BCUT2D eigenvalue weighted by Gasteiger charge is 2.12. The molecule has 0 amide bonds. The number of aryl methyl sites for hydroxylation is 1. The van der Waals surface area contributed by atoms with Crippen LogP contribution in [0.1, 0.15) is 5.56 Å². The largest absolute Gasteiger partial charge is 0.491 e. The Balaban J connectivity index is 1.65. The summed E-state index contributed by atoms with van der Waals surface area (Å²) in [7, 11) is 0. The van der Waals surface area contributed by atoms with Crippen molar-refractivity contribution in [2.24, 2.45) is 0 Å². The van der Waals surface area contributed by atoms with Crippen LogP contribution in [0, 0.1) is 6.92 Å². The summed E-state index contributed by atoms with van der Waals surface area (Å²) in [6.07, 6.45) is 0. The van der Waals surface area contributed by atoms with Gasteiger partial charge in [0.25, 0.3) is 0 Å². The van der Waals surface area contributed by atoms with Crippen molar-refractivity contribution in [1.29, 1.82) is 0 Å². The highest BCUT2D eigenvalue weighted by atomic mass is 16.5. The number of aromatic nitrogens is 2. The van der Waals surface area contributed by atoms with Gasteiger partial charge in [0.15, 0.2) is 0 Å². The maximum atomic E-state index is 6.00. The molecule has 0 saturated heterocycles. The predicted molar refractivity (Wildman–Crippen MR) is 102 cm³/mol. The lowest BCUT2D eigenvalue weighted by molar-refractivity contribution is 0.299.